The number of nitrogens with one attached hydrogen (secondary N) is 1. The van der Waals surface area contributed by atoms with E-state index in [4.69, 9.17) is 14.6 Å². The number of rotatable bonds is 8. The minimum atomic E-state index is -3.61. The van der Waals surface area contributed by atoms with Gasteiger partial charge in [0.15, 0.2) is 0 Å². The summed E-state index contributed by atoms with van der Waals surface area (Å²) in [5, 5.41) is 8.65. The molecule has 0 aliphatic heterocycles. The molecular weight excluding hydrogens is 282 g/mol. The maximum Gasteiger partial charge on any atom is 0.241 e. The van der Waals surface area contributed by atoms with Gasteiger partial charge in [-0.1, -0.05) is 0 Å². The van der Waals surface area contributed by atoms with Gasteiger partial charge in [-0.05, 0) is 38.1 Å². The van der Waals surface area contributed by atoms with Gasteiger partial charge in [0.2, 0.25) is 10.0 Å². The first kappa shape index (κ1) is 16.9. The Balaban J connectivity index is 2.82. The van der Waals surface area contributed by atoms with E-state index in [0.717, 1.165) is 0 Å². The van der Waals surface area contributed by atoms with Crippen LogP contribution in [0.15, 0.2) is 29.2 Å². The number of hydrogen-bond donors (Lipinski definition) is 2. The fourth-order valence-corrected chi connectivity index (χ4v) is 3.09. The van der Waals surface area contributed by atoms with E-state index in [-0.39, 0.29) is 24.7 Å². The zero-order valence-electron chi connectivity index (χ0n) is 11.9. The molecule has 0 heterocycles. The molecule has 1 aromatic carbocycles. The normalized spacial score (nSPS) is 12.4. The lowest BCUT2D eigenvalue weighted by Crippen LogP contribution is -2.46. The highest BCUT2D eigenvalue weighted by atomic mass is 32.2. The van der Waals surface area contributed by atoms with Gasteiger partial charge < -0.3 is 14.6 Å². The van der Waals surface area contributed by atoms with E-state index in [1.54, 1.807) is 26.0 Å². The number of aliphatic hydroxyl groups excluding tert-OH is 1. The van der Waals surface area contributed by atoms with Gasteiger partial charge in [0.05, 0.1) is 23.6 Å². The highest BCUT2D eigenvalue weighted by Crippen LogP contribution is 2.17. The van der Waals surface area contributed by atoms with Crippen LogP contribution in [0, 0.1) is 0 Å². The van der Waals surface area contributed by atoms with Crippen molar-refractivity contribution in [2.45, 2.75) is 24.3 Å². The number of ether oxygens (including phenoxy) is 2. The Morgan fingerprint density at radius 2 is 1.85 bits per heavy atom. The summed E-state index contributed by atoms with van der Waals surface area (Å²) in [7, 11) is -2.10. The van der Waals surface area contributed by atoms with Gasteiger partial charge in [-0.2, -0.15) is 0 Å². The highest BCUT2D eigenvalue weighted by molar-refractivity contribution is 7.89. The number of benzene rings is 1. The molecule has 0 saturated carbocycles. The second-order valence-electron chi connectivity index (χ2n) is 4.97. The number of aliphatic hydroxyl groups is 1. The quantitative estimate of drug-likeness (QED) is 0.740. The lowest BCUT2D eigenvalue weighted by Gasteiger charge is -2.24. The van der Waals surface area contributed by atoms with Gasteiger partial charge in [0.25, 0.3) is 0 Å². The van der Waals surface area contributed by atoms with Gasteiger partial charge in [-0.25, -0.2) is 13.1 Å². The smallest absolute Gasteiger partial charge is 0.241 e. The van der Waals surface area contributed by atoms with Crippen LogP contribution in [0.4, 0.5) is 0 Å². The lowest BCUT2D eigenvalue weighted by molar-refractivity contribution is 0.141. The molecule has 1 rings (SSSR count). The van der Waals surface area contributed by atoms with Gasteiger partial charge in [-0.3, -0.25) is 0 Å². The lowest BCUT2D eigenvalue weighted by atomic mass is 10.1. The summed E-state index contributed by atoms with van der Waals surface area (Å²) in [6, 6.07) is 6.01. The average molecular weight is 303 g/mol. The summed E-state index contributed by atoms with van der Waals surface area (Å²) in [4.78, 5) is 0.151. The number of hydrogen-bond acceptors (Lipinski definition) is 5. The van der Waals surface area contributed by atoms with Crippen LogP contribution in [-0.2, 0) is 14.8 Å². The van der Waals surface area contributed by atoms with E-state index in [1.807, 2.05) is 0 Å². The van der Waals surface area contributed by atoms with Crippen molar-refractivity contribution in [3.05, 3.63) is 24.3 Å². The molecule has 20 heavy (non-hydrogen) atoms. The summed E-state index contributed by atoms with van der Waals surface area (Å²) in [6.45, 7) is 3.83. The monoisotopic (exact) mass is 303 g/mol. The molecule has 0 aliphatic rings. The molecule has 0 aromatic heterocycles. The van der Waals surface area contributed by atoms with E-state index >= 15 is 0 Å². The Kier molecular flexibility index (Phi) is 5.94. The zero-order chi connectivity index (χ0) is 15.2. The topological polar surface area (TPSA) is 84.9 Å². The minimum absolute atomic E-state index is 0.0905. The van der Waals surface area contributed by atoms with Crippen LogP contribution in [0.25, 0.3) is 0 Å². The van der Waals surface area contributed by atoms with Crippen LogP contribution < -0.4 is 9.46 Å². The maximum atomic E-state index is 12.2. The fourth-order valence-electron chi connectivity index (χ4n) is 1.69. The zero-order valence-corrected chi connectivity index (χ0v) is 12.7. The molecular formula is C13H21NO5S. The summed E-state index contributed by atoms with van der Waals surface area (Å²) < 4.78 is 37.1. The van der Waals surface area contributed by atoms with Crippen molar-refractivity contribution in [3.63, 3.8) is 0 Å². The molecule has 114 valence electrons. The molecule has 0 radical (unpaired) electrons. The first-order valence-electron chi connectivity index (χ1n) is 6.17. The number of methoxy groups -OCH3 is 1. The van der Waals surface area contributed by atoms with Crippen LogP contribution in [0.5, 0.6) is 5.75 Å². The van der Waals surface area contributed by atoms with E-state index in [2.05, 4.69) is 4.72 Å². The summed E-state index contributed by atoms with van der Waals surface area (Å²) in [5.74, 6) is 0.508. The van der Waals surface area contributed by atoms with Crippen LogP contribution >= 0.6 is 0 Å². The van der Waals surface area contributed by atoms with Crippen molar-refractivity contribution >= 4 is 10.0 Å². The van der Waals surface area contributed by atoms with Gasteiger partial charge in [0, 0.05) is 7.11 Å². The van der Waals surface area contributed by atoms with Crippen LogP contribution in [0.3, 0.4) is 0 Å². The Bertz CT molecular complexity index is 510. The van der Waals surface area contributed by atoms with Crippen molar-refractivity contribution in [2.24, 2.45) is 0 Å². The third-order valence-corrected chi connectivity index (χ3v) is 4.12. The second-order valence-corrected chi connectivity index (χ2v) is 6.65. The SMILES string of the molecule is COCC(C)(C)NS(=O)(=O)c1ccc(OCCO)cc1. The Hall–Kier alpha value is -1.15. The van der Waals surface area contributed by atoms with E-state index in [0.29, 0.717) is 5.75 Å². The predicted octanol–water partition coefficient (Wildman–Crippen LogP) is 0.761. The minimum Gasteiger partial charge on any atom is -0.491 e. The largest absolute Gasteiger partial charge is 0.491 e. The molecule has 0 unspecified atom stereocenters. The molecule has 0 bridgehead atoms. The van der Waals surface area contributed by atoms with E-state index in [9.17, 15) is 8.42 Å². The summed E-state index contributed by atoms with van der Waals surface area (Å²) >= 11 is 0. The third kappa shape index (κ3) is 5.09. The maximum absolute atomic E-state index is 12.2. The first-order valence-corrected chi connectivity index (χ1v) is 7.66. The van der Waals surface area contributed by atoms with Crippen molar-refractivity contribution in [1.29, 1.82) is 0 Å². The van der Waals surface area contributed by atoms with Gasteiger partial charge in [0.1, 0.15) is 12.4 Å². The molecule has 0 atom stereocenters. The molecule has 0 amide bonds. The molecule has 1 aromatic rings. The van der Waals surface area contributed by atoms with Crippen LogP contribution in [-0.4, -0.2) is 46.0 Å². The van der Waals surface area contributed by atoms with Crippen molar-refractivity contribution < 1.29 is 23.0 Å². The fraction of sp³-hybridized carbons (Fsp3) is 0.538. The third-order valence-electron chi connectivity index (χ3n) is 2.41. The molecule has 2 N–H and O–H groups in total. The Morgan fingerprint density at radius 1 is 1.25 bits per heavy atom. The first-order chi connectivity index (χ1) is 9.30. The van der Waals surface area contributed by atoms with Gasteiger partial charge >= 0.3 is 0 Å². The molecule has 0 fully saturated rings. The molecule has 0 spiro atoms. The standard InChI is InChI=1S/C13H21NO5S/c1-13(2,10-18-3)14-20(16,17)12-6-4-11(5-7-12)19-9-8-15/h4-7,14-15H,8-10H2,1-3H3. The Morgan fingerprint density at radius 3 is 2.35 bits per heavy atom. The second kappa shape index (κ2) is 7.03. The molecule has 6 nitrogen and oxygen atoms in total. The van der Waals surface area contributed by atoms with Crippen molar-refractivity contribution in [1.82, 2.24) is 4.72 Å². The highest BCUT2D eigenvalue weighted by Gasteiger charge is 2.26. The summed E-state index contributed by atoms with van der Waals surface area (Å²) in [5.41, 5.74) is -0.695. The predicted molar refractivity (Wildman–Crippen MR) is 75.3 cm³/mol. The Labute approximate surface area is 119 Å². The van der Waals surface area contributed by atoms with Gasteiger partial charge in [-0.15, -0.1) is 0 Å². The molecule has 0 aliphatic carbocycles. The van der Waals surface area contributed by atoms with Crippen molar-refractivity contribution in [3.8, 4) is 5.75 Å². The summed E-state index contributed by atoms with van der Waals surface area (Å²) in [6.07, 6.45) is 0. The molecule has 7 heteroatoms. The van der Waals surface area contributed by atoms with Crippen LogP contribution in [0.2, 0.25) is 0 Å². The van der Waals surface area contributed by atoms with E-state index in [1.165, 1.54) is 19.2 Å². The van der Waals surface area contributed by atoms with Crippen molar-refractivity contribution in [2.75, 3.05) is 26.9 Å². The average Bonchev–Trinajstić information content (AvgIpc) is 2.35. The molecule has 0 saturated heterocycles. The number of sulfonamides is 1. The van der Waals surface area contributed by atoms with Crippen LogP contribution in [0.1, 0.15) is 13.8 Å². The van der Waals surface area contributed by atoms with E-state index < -0.39 is 15.6 Å².